The van der Waals surface area contributed by atoms with E-state index in [0.29, 0.717) is 6.04 Å². The first-order valence-corrected chi connectivity index (χ1v) is 8.29. The number of piperazine rings is 1. The lowest BCUT2D eigenvalue weighted by atomic mass is 9.92. The molecule has 2 aliphatic rings. The van der Waals surface area contributed by atoms with E-state index >= 15 is 0 Å². The van der Waals surface area contributed by atoms with Crippen LogP contribution in [0.5, 0.6) is 0 Å². The monoisotopic (exact) mass is 268 g/mol. The summed E-state index contributed by atoms with van der Waals surface area (Å²) < 4.78 is 5.49. The van der Waals surface area contributed by atoms with Crippen LogP contribution in [-0.2, 0) is 4.74 Å². The fourth-order valence-electron chi connectivity index (χ4n) is 3.44. The molecule has 2 saturated heterocycles. The first kappa shape index (κ1) is 15.3. The Hall–Kier alpha value is -0.120. The van der Waals surface area contributed by atoms with E-state index in [1.165, 1.54) is 45.3 Å². The van der Waals surface area contributed by atoms with Gasteiger partial charge in [-0.3, -0.25) is 4.90 Å². The molecular weight excluding hydrogens is 236 g/mol. The summed E-state index contributed by atoms with van der Waals surface area (Å²) in [6, 6.07) is 1.43. The van der Waals surface area contributed by atoms with Crippen LogP contribution in [0.1, 0.15) is 46.5 Å². The fraction of sp³-hybridized carbons (Fsp3) is 1.00. The van der Waals surface area contributed by atoms with Gasteiger partial charge in [0.05, 0.1) is 0 Å². The van der Waals surface area contributed by atoms with Crippen molar-refractivity contribution in [3.8, 4) is 0 Å². The van der Waals surface area contributed by atoms with Crippen LogP contribution in [0.4, 0.5) is 0 Å². The van der Waals surface area contributed by atoms with E-state index in [0.717, 1.165) is 31.1 Å². The summed E-state index contributed by atoms with van der Waals surface area (Å²) in [5, 5.41) is 3.77. The zero-order valence-electron chi connectivity index (χ0n) is 13.0. The summed E-state index contributed by atoms with van der Waals surface area (Å²) in [6.45, 7) is 12.7. The van der Waals surface area contributed by atoms with Crippen LogP contribution in [0, 0.1) is 11.8 Å². The molecule has 2 rings (SSSR count). The molecule has 3 atom stereocenters. The Balaban J connectivity index is 1.89. The van der Waals surface area contributed by atoms with Gasteiger partial charge in [0, 0.05) is 44.9 Å². The average molecular weight is 268 g/mol. The molecule has 0 radical (unpaired) electrons. The van der Waals surface area contributed by atoms with Crippen molar-refractivity contribution in [1.29, 1.82) is 0 Å². The number of hydrogen-bond acceptors (Lipinski definition) is 3. The third-order valence-electron chi connectivity index (χ3n) is 5.20. The number of rotatable bonds is 5. The van der Waals surface area contributed by atoms with Crippen LogP contribution in [0.25, 0.3) is 0 Å². The van der Waals surface area contributed by atoms with Gasteiger partial charge >= 0.3 is 0 Å². The lowest BCUT2D eigenvalue weighted by Crippen LogP contribution is -2.59. The number of hydrogen-bond donors (Lipinski definition) is 1. The zero-order valence-corrected chi connectivity index (χ0v) is 13.0. The molecule has 3 unspecified atom stereocenters. The molecule has 0 saturated carbocycles. The van der Waals surface area contributed by atoms with E-state index in [-0.39, 0.29) is 0 Å². The van der Waals surface area contributed by atoms with E-state index in [1.807, 2.05) is 0 Å². The molecule has 0 spiro atoms. The highest BCUT2D eigenvalue weighted by Crippen LogP contribution is 2.22. The van der Waals surface area contributed by atoms with E-state index in [4.69, 9.17) is 4.74 Å². The maximum atomic E-state index is 5.49. The average Bonchev–Trinajstić information content (AvgIpc) is 2.47. The predicted molar refractivity (Wildman–Crippen MR) is 80.4 cm³/mol. The Bertz CT molecular complexity index is 251. The topological polar surface area (TPSA) is 24.5 Å². The molecule has 112 valence electrons. The van der Waals surface area contributed by atoms with Crippen LogP contribution in [0.15, 0.2) is 0 Å². The number of nitrogens with zero attached hydrogens (tertiary/aromatic N) is 1. The molecule has 3 nitrogen and oxygen atoms in total. The molecule has 3 heteroatoms. The van der Waals surface area contributed by atoms with E-state index in [1.54, 1.807) is 0 Å². The van der Waals surface area contributed by atoms with Crippen molar-refractivity contribution in [3.63, 3.8) is 0 Å². The van der Waals surface area contributed by atoms with Gasteiger partial charge in [-0.15, -0.1) is 0 Å². The van der Waals surface area contributed by atoms with Crippen molar-refractivity contribution < 1.29 is 4.74 Å². The summed E-state index contributed by atoms with van der Waals surface area (Å²) >= 11 is 0. The second-order valence-corrected chi connectivity index (χ2v) is 6.47. The van der Waals surface area contributed by atoms with E-state index in [2.05, 4.69) is 31.0 Å². The van der Waals surface area contributed by atoms with Gasteiger partial charge in [0.25, 0.3) is 0 Å². The molecule has 0 aromatic carbocycles. The minimum atomic E-state index is 0.688. The molecule has 0 amide bonds. The summed E-state index contributed by atoms with van der Waals surface area (Å²) in [6.07, 6.45) is 5.06. The summed E-state index contributed by atoms with van der Waals surface area (Å²) in [4.78, 5) is 2.77. The van der Waals surface area contributed by atoms with Gasteiger partial charge in [-0.2, -0.15) is 0 Å². The molecular formula is C16H32N2O. The molecule has 2 aliphatic heterocycles. The van der Waals surface area contributed by atoms with Gasteiger partial charge in [-0.25, -0.2) is 0 Å². The first-order valence-electron chi connectivity index (χ1n) is 8.29. The van der Waals surface area contributed by atoms with E-state index < -0.39 is 0 Å². The Kier molecular flexibility index (Phi) is 6.11. The van der Waals surface area contributed by atoms with Gasteiger partial charge in [-0.05, 0) is 31.1 Å². The van der Waals surface area contributed by atoms with Gasteiger partial charge in [0.1, 0.15) is 0 Å². The molecule has 2 fully saturated rings. The van der Waals surface area contributed by atoms with Crippen molar-refractivity contribution >= 4 is 0 Å². The number of ether oxygens (including phenoxy) is 1. The SMILES string of the molecule is CCC(C)C1CN(CC2CCOCC2)C(CC)CN1. The van der Waals surface area contributed by atoms with Crippen LogP contribution >= 0.6 is 0 Å². The minimum absolute atomic E-state index is 0.688. The van der Waals surface area contributed by atoms with Crippen LogP contribution in [0.3, 0.4) is 0 Å². The second-order valence-electron chi connectivity index (χ2n) is 6.47. The summed E-state index contributed by atoms with van der Waals surface area (Å²) in [5.41, 5.74) is 0. The molecule has 1 N–H and O–H groups in total. The van der Waals surface area contributed by atoms with E-state index in [9.17, 15) is 0 Å². The lowest BCUT2D eigenvalue weighted by molar-refractivity contribution is 0.0309. The van der Waals surface area contributed by atoms with Crippen molar-refractivity contribution in [2.75, 3.05) is 32.8 Å². The van der Waals surface area contributed by atoms with Crippen LogP contribution < -0.4 is 5.32 Å². The number of nitrogens with one attached hydrogen (secondary N) is 1. The Morgan fingerprint density at radius 1 is 1.26 bits per heavy atom. The van der Waals surface area contributed by atoms with Gasteiger partial charge in [-0.1, -0.05) is 27.2 Å². The van der Waals surface area contributed by atoms with Crippen molar-refractivity contribution in [1.82, 2.24) is 10.2 Å². The maximum Gasteiger partial charge on any atom is 0.0469 e. The summed E-state index contributed by atoms with van der Waals surface area (Å²) in [7, 11) is 0. The van der Waals surface area contributed by atoms with Gasteiger partial charge < -0.3 is 10.1 Å². The molecule has 0 aliphatic carbocycles. The summed E-state index contributed by atoms with van der Waals surface area (Å²) in [5.74, 6) is 1.65. The van der Waals surface area contributed by atoms with Crippen molar-refractivity contribution in [3.05, 3.63) is 0 Å². The minimum Gasteiger partial charge on any atom is -0.381 e. The molecule has 0 aromatic rings. The van der Waals surface area contributed by atoms with Gasteiger partial charge in [0.15, 0.2) is 0 Å². The molecule has 0 bridgehead atoms. The van der Waals surface area contributed by atoms with Crippen molar-refractivity contribution in [2.24, 2.45) is 11.8 Å². The highest BCUT2D eigenvalue weighted by atomic mass is 16.5. The van der Waals surface area contributed by atoms with Crippen LogP contribution in [-0.4, -0.2) is 49.8 Å². The van der Waals surface area contributed by atoms with Gasteiger partial charge in [0.2, 0.25) is 0 Å². The normalized spacial score (nSPS) is 32.4. The Morgan fingerprint density at radius 3 is 2.63 bits per heavy atom. The third-order valence-corrected chi connectivity index (χ3v) is 5.20. The highest BCUT2D eigenvalue weighted by Gasteiger charge is 2.30. The molecule has 19 heavy (non-hydrogen) atoms. The zero-order chi connectivity index (χ0) is 13.7. The smallest absolute Gasteiger partial charge is 0.0469 e. The predicted octanol–water partition coefficient (Wildman–Crippen LogP) is 2.51. The Labute approximate surface area is 119 Å². The Morgan fingerprint density at radius 2 is 2.00 bits per heavy atom. The first-order chi connectivity index (χ1) is 9.24. The lowest BCUT2D eigenvalue weighted by Gasteiger charge is -2.44. The quantitative estimate of drug-likeness (QED) is 0.829. The second kappa shape index (κ2) is 7.61. The van der Waals surface area contributed by atoms with Crippen LogP contribution in [0.2, 0.25) is 0 Å². The molecule has 0 aromatic heterocycles. The van der Waals surface area contributed by atoms with Crippen molar-refractivity contribution in [2.45, 2.75) is 58.5 Å². The fourth-order valence-corrected chi connectivity index (χ4v) is 3.44. The standard InChI is InChI=1S/C16H32N2O/c1-4-13(3)16-12-18(15(5-2)10-17-16)11-14-6-8-19-9-7-14/h13-17H,4-12H2,1-3H3. The third kappa shape index (κ3) is 4.17. The highest BCUT2D eigenvalue weighted by molar-refractivity contribution is 4.88. The maximum absolute atomic E-state index is 5.49. The molecule has 2 heterocycles. The largest absolute Gasteiger partial charge is 0.381 e.